The van der Waals surface area contributed by atoms with Crippen molar-refractivity contribution in [2.45, 2.75) is 31.8 Å². The van der Waals surface area contributed by atoms with Crippen LogP contribution in [0.1, 0.15) is 25.7 Å². The SMILES string of the molecule is c1ccc2[nH]c(N3CCC(OCC4CC4)CC3)nc2c1. The van der Waals surface area contributed by atoms with Gasteiger partial charge in [0.15, 0.2) is 0 Å². The molecule has 0 atom stereocenters. The van der Waals surface area contributed by atoms with Crippen molar-refractivity contribution in [2.24, 2.45) is 5.92 Å². The highest BCUT2D eigenvalue weighted by atomic mass is 16.5. The minimum Gasteiger partial charge on any atom is -0.378 e. The minimum absolute atomic E-state index is 0.455. The summed E-state index contributed by atoms with van der Waals surface area (Å²) in [5.41, 5.74) is 2.17. The van der Waals surface area contributed by atoms with Crippen molar-refractivity contribution in [3.8, 4) is 0 Å². The van der Waals surface area contributed by atoms with E-state index in [0.717, 1.165) is 55.4 Å². The number of ether oxygens (including phenoxy) is 1. The van der Waals surface area contributed by atoms with Gasteiger partial charge in [0.25, 0.3) is 0 Å². The van der Waals surface area contributed by atoms with Gasteiger partial charge in [-0.2, -0.15) is 0 Å². The van der Waals surface area contributed by atoms with Gasteiger partial charge in [-0.15, -0.1) is 0 Å². The summed E-state index contributed by atoms with van der Waals surface area (Å²) in [6, 6.07) is 8.21. The van der Waals surface area contributed by atoms with Crippen molar-refractivity contribution in [1.29, 1.82) is 0 Å². The Morgan fingerprint density at radius 1 is 1.15 bits per heavy atom. The monoisotopic (exact) mass is 271 g/mol. The number of benzene rings is 1. The van der Waals surface area contributed by atoms with E-state index in [2.05, 4.69) is 27.0 Å². The summed E-state index contributed by atoms with van der Waals surface area (Å²) in [5.74, 6) is 1.87. The summed E-state index contributed by atoms with van der Waals surface area (Å²) in [4.78, 5) is 10.4. The molecule has 0 spiro atoms. The Bertz CT molecular complexity index is 549. The van der Waals surface area contributed by atoms with E-state index in [-0.39, 0.29) is 0 Å². The molecule has 0 amide bonds. The molecule has 2 fully saturated rings. The Morgan fingerprint density at radius 3 is 2.70 bits per heavy atom. The standard InChI is InChI=1S/C16H21N3O/c1-2-4-15-14(3-1)17-16(18-15)19-9-7-13(8-10-19)20-11-12-5-6-12/h1-4,12-13H,5-11H2,(H,17,18). The molecule has 2 heterocycles. The number of rotatable bonds is 4. The molecule has 20 heavy (non-hydrogen) atoms. The highest BCUT2D eigenvalue weighted by molar-refractivity contribution is 5.77. The molecular weight excluding hydrogens is 250 g/mol. The van der Waals surface area contributed by atoms with E-state index in [1.54, 1.807) is 0 Å². The quantitative estimate of drug-likeness (QED) is 0.929. The van der Waals surface area contributed by atoms with Crippen molar-refractivity contribution in [3.05, 3.63) is 24.3 Å². The molecule has 0 bridgehead atoms. The maximum absolute atomic E-state index is 5.99. The molecule has 106 valence electrons. The molecular formula is C16H21N3O. The zero-order valence-corrected chi connectivity index (χ0v) is 11.7. The topological polar surface area (TPSA) is 41.2 Å². The first-order chi connectivity index (χ1) is 9.88. The third kappa shape index (κ3) is 2.52. The number of aromatic nitrogens is 2. The van der Waals surface area contributed by atoms with E-state index >= 15 is 0 Å². The fraction of sp³-hybridized carbons (Fsp3) is 0.562. The van der Waals surface area contributed by atoms with Crippen LogP contribution >= 0.6 is 0 Å². The molecule has 1 saturated heterocycles. The summed E-state index contributed by atoms with van der Waals surface area (Å²) in [5, 5.41) is 0. The lowest BCUT2D eigenvalue weighted by Crippen LogP contribution is -2.37. The number of fused-ring (bicyclic) bond motifs is 1. The van der Waals surface area contributed by atoms with Gasteiger partial charge in [-0.1, -0.05) is 12.1 Å². The smallest absolute Gasteiger partial charge is 0.203 e. The zero-order chi connectivity index (χ0) is 13.4. The highest BCUT2D eigenvalue weighted by Crippen LogP contribution is 2.30. The second-order valence-electron chi connectivity index (χ2n) is 6.04. The van der Waals surface area contributed by atoms with Crippen LogP contribution in [0.3, 0.4) is 0 Å². The lowest BCUT2D eigenvalue weighted by atomic mass is 10.1. The van der Waals surface area contributed by atoms with Crippen LogP contribution in [0.5, 0.6) is 0 Å². The Balaban J connectivity index is 1.37. The third-order valence-corrected chi connectivity index (χ3v) is 4.38. The Kier molecular flexibility index (Phi) is 3.11. The molecule has 1 aliphatic carbocycles. The lowest BCUT2D eigenvalue weighted by Gasteiger charge is -2.31. The number of hydrogen-bond donors (Lipinski definition) is 1. The second-order valence-corrected chi connectivity index (χ2v) is 6.04. The van der Waals surface area contributed by atoms with E-state index < -0.39 is 0 Å². The Hall–Kier alpha value is -1.55. The summed E-state index contributed by atoms with van der Waals surface area (Å²) in [6.45, 7) is 3.06. The number of hydrogen-bond acceptors (Lipinski definition) is 3. The van der Waals surface area contributed by atoms with Gasteiger partial charge in [0.2, 0.25) is 5.95 Å². The molecule has 1 aromatic carbocycles. The van der Waals surface area contributed by atoms with Crippen LogP contribution in [0.25, 0.3) is 11.0 Å². The summed E-state index contributed by atoms with van der Waals surface area (Å²) in [7, 11) is 0. The van der Waals surface area contributed by atoms with E-state index in [0.29, 0.717) is 6.10 Å². The molecule has 4 rings (SSSR count). The van der Waals surface area contributed by atoms with Gasteiger partial charge in [0, 0.05) is 19.7 Å². The summed E-state index contributed by atoms with van der Waals surface area (Å²) < 4.78 is 5.99. The van der Waals surface area contributed by atoms with Gasteiger partial charge in [-0.05, 0) is 43.7 Å². The van der Waals surface area contributed by atoms with Crippen molar-refractivity contribution in [3.63, 3.8) is 0 Å². The van der Waals surface area contributed by atoms with Crippen LogP contribution in [0, 0.1) is 5.92 Å². The normalized spacial score (nSPS) is 20.7. The fourth-order valence-electron chi connectivity index (χ4n) is 2.88. The summed E-state index contributed by atoms with van der Waals surface area (Å²) >= 11 is 0. The van der Waals surface area contributed by atoms with Crippen molar-refractivity contribution < 1.29 is 4.74 Å². The van der Waals surface area contributed by atoms with Gasteiger partial charge in [-0.25, -0.2) is 4.98 Å². The number of piperidine rings is 1. The predicted octanol–water partition coefficient (Wildman–Crippen LogP) is 2.96. The van der Waals surface area contributed by atoms with Gasteiger partial charge in [0.1, 0.15) is 0 Å². The lowest BCUT2D eigenvalue weighted by molar-refractivity contribution is 0.0304. The van der Waals surface area contributed by atoms with E-state index in [1.165, 1.54) is 12.8 Å². The fourth-order valence-corrected chi connectivity index (χ4v) is 2.88. The molecule has 1 aromatic heterocycles. The highest BCUT2D eigenvalue weighted by Gasteiger charge is 2.26. The first kappa shape index (κ1) is 12.2. The van der Waals surface area contributed by atoms with E-state index in [4.69, 9.17) is 4.74 Å². The van der Waals surface area contributed by atoms with Crippen LogP contribution in [0.2, 0.25) is 0 Å². The maximum Gasteiger partial charge on any atom is 0.203 e. The number of nitrogens with zero attached hydrogens (tertiary/aromatic N) is 2. The predicted molar refractivity (Wildman–Crippen MR) is 80.0 cm³/mol. The van der Waals surface area contributed by atoms with Gasteiger partial charge in [0.05, 0.1) is 17.1 Å². The van der Waals surface area contributed by atoms with Crippen LogP contribution in [0.15, 0.2) is 24.3 Å². The van der Waals surface area contributed by atoms with E-state index in [9.17, 15) is 0 Å². The van der Waals surface area contributed by atoms with Gasteiger partial charge < -0.3 is 14.6 Å². The molecule has 1 saturated carbocycles. The molecule has 2 aliphatic rings. The molecule has 0 unspecified atom stereocenters. The van der Waals surface area contributed by atoms with Gasteiger partial charge >= 0.3 is 0 Å². The number of aromatic amines is 1. The second kappa shape index (κ2) is 5.09. The van der Waals surface area contributed by atoms with Crippen molar-refractivity contribution in [1.82, 2.24) is 9.97 Å². The molecule has 1 aliphatic heterocycles. The first-order valence-corrected chi connectivity index (χ1v) is 7.70. The maximum atomic E-state index is 5.99. The number of nitrogens with one attached hydrogen (secondary N) is 1. The van der Waals surface area contributed by atoms with Gasteiger partial charge in [-0.3, -0.25) is 0 Å². The third-order valence-electron chi connectivity index (χ3n) is 4.38. The first-order valence-electron chi connectivity index (χ1n) is 7.70. The number of imidazole rings is 1. The van der Waals surface area contributed by atoms with Crippen LogP contribution in [-0.2, 0) is 4.74 Å². The molecule has 0 radical (unpaired) electrons. The minimum atomic E-state index is 0.455. The Labute approximate surface area is 119 Å². The van der Waals surface area contributed by atoms with Crippen molar-refractivity contribution >= 4 is 17.0 Å². The molecule has 4 heteroatoms. The average Bonchev–Trinajstić information content (AvgIpc) is 3.22. The Morgan fingerprint density at radius 2 is 1.95 bits per heavy atom. The van der Waals surface area contributed by atoms with Crippen molar-refractivity contribution in [2.75, 3.05) is 24.6 Å². The largest absolute Gasteiger partial charge is 0.378 e. The summed E-state index contributed by atoms with van der Waals surface area (Å²) in [6.07, 6.45) is 5.43. The number of H-pyrrole nitrogens is 1. The van der Waals surface area contributed by atoms with Crippen LogP contribution in [0.4, 0.5) is 5.95 Å². The molecule has 1 N–H and O–H groups in total. The zero-order valence-electron chi connectivity index (χ0n) is 11.7. The molecule has 2 aromatic rings. The molecule has 4 nitrogen and oxygen atoms in total. The number of anilines is 1. The van der Waals surface area contributed by atoms with E-state index in [1.807, 2.05) is 12.1 Å². The average molecular weight is 271 g/mol. The van der Waals surface area contributed by atoms with Crippen LogP contribution < -0.4 is 4.90 Å². The van der Waals surface area contributed by atoms with Crippen LogP contribution in [-0.4, -0.2) is 35.8 Å². The number of para-hydroxylation sites is 2.